The van der Waals surface area contributed by atoms with E-state index in [2.05, 4.69) is 23.8 Å². The molecular weight excluding hydrogens is 342 g/mol. The van der Waals surface area contributed by atoms with Gasteiger partial charge in [-0.25, -0.2) is 4.98 Å². The monoisotopic (exact) mass is 365 g/mol. The predicted octanol–water partition coefficient (Wildman–Crippen LogP) is 3.72. The van der Waals surface area contributed by atoms with Crippen LogP contribution < -0.4 is 0 Å². The third kappa shape index (κ3) is 3.39. The van der Waals surface area contributed by atoms with Gasteiger partial charge in [0.2, 0.25) is 0 Å². The zero-order valence-corrected chi connectivity index (χ0v) is 15.6. The Morgan fingerprint density at radius 2 is 2.19 bits per heavy atom. The summed E-state index contributed by atoms with van der Waals surface area (Å²) in [6, 6.07) is 5.19. The quantitative estimate of drug-likeness (QED) is 0.762. The molecule has 140 valence electrons. The van der Waals surface area contributed by atoms with Crippen LogP contribution in [0.1, 0.15) is 48.0 Å². The Morgan fingerprint density at radius 1 is 1.33 bits per heavy atom. The van der Waals surface area contributed by atoms with Gasteiger partial charge in [0.25, 0.3) is 5.91 Å². The SMILES string of the molecule is CC(C)CCc1nc2c(o1)CCN(C(=O)c1ccc3cnccc3c1O)C2. The fraction of sp³-hybridized carbons (Fsp3) is 0.381. The van der Waals surface area contributed by atoms with Crippen LogP contribution in [0, 0.1) is 5.92 Å². The topological polar surface area (TPSA) is 79.5 Å². The molecule has 0 saturated heterocycles. The van der Waals surface area contributed by atoms with E-state index in [1.807, 2.05) is 6.07 Å². The summed E-state index contributed by atoms with van der Waals surface area (Å²) in [5, 5.41) is 12.0. The van der Waals surface area contributed by atoms with Crippen LogP contribution in [0.2, 0.25) is 0 Å². The highest BCUT2D eigenvalue weighted by Gasteiger charge is 2.27. The molecule has 1 N–H and O–H groups in total. The molecule has 1 aliphatic rings. The molecule has 3 heterocycles. The lowest BCUT2D eigenvalue weighted by Crippen LogP contribution is -2.35. The molecule has 1 amide bonds. The van der Waals surface area contributed by atoms with Crippen molar-refractivity contribution >= 4 is 16.7 Å². The second kappa shape index (κ2) is 7.02. The Labute approximate surface area is 157 Å². The van der Waals surface area contributed by atoms with Crippen LogP contribution in [0.5, 0.6) is 5.75 Å². The van der Waals surface area contributed by atoms with E-state index in [9.17, 15) is 9.90 Å². The summed E-state index contributed by atoms with van der Waals surface area (Å²) in [4.78, 5) is 23.3. The maximum absolute atomic E-state index is 13.0. The van der Waals surface area contributed by atoms with Gasteiger partial charge in [-0.15, -0.1) is 0 Å². The summed E-state index contributed by atoms with van der Waals surface area (Å²) >= 11 is 0. The number of rotatable bonds is 4. The first-order valence-corrected chi connectivity index (χ1v) is 9.35. The molecule has 6 heteroatoms. The predicted molar refractivity (Wildman–Crippen MR) is 102 cm³/mol. The minimum Gasteiger partial charge on any atom is -0.506 e. The number of oxazole rings is 1. The smallest absolute Gasteiger partial charge is 0.258 e. The van der Waals surface area contributed by atoms with Crippen LogP contribution in [0.4, 0.5) is 0 Å². The van der Waals surface area contributed by atoms with Gasteiger partial charge in [-0.3, -0.25) is 9.78 Å². The first-order chi connectivity index (χ1) is 13.0. The average Bonchev–Trinajstić information content (AvgIpc) is 3.08. The van der Waals surface area contributed by atoms with Gasteiger partial charge in [0.05, 0.1) is 12.1 Å². The fourth-order valence-electron chi connectivity index (χ4n) is 3.44. The number of amides is 1. The van der Waals surface area contributed by atoms with Gasteiger partial charge in [-0.1, -0.05) is 19.9 Å². The molecular formula is C21H23N3O3. The van der Waals surface area contributed by atoms with Crippen molar-refractivity contribution in [1.29, 1.82) is 0 Å². The summed E-state index contributed by atoms with van der Waals surface area (Å²) < 4.78 is 5.87. The number of carbonyl (C=O) groups is 1. The molecule has 0 saturated carbocycles. The van der Waals surface area contributed by atoms with E-state index >= 15 is 0 Å². The minimum absolute atomic E-state index is 0.00321. The van der Waals surface area contributed by atoms with Crippen molar-refractivity contribution in [3.63, 3.8) is 0 Å². The summed E-state index contributed by atoms with van der Waals surface area (Å²) in [5.41, 5.74) is 1.14. The number of fused-ring (bicyclic) bond motifs is 2. The molecule has 0 bridgehead atoms. The number of aromatic hydroxyl groups is 1. The molecule has 27 heavy (non-hydrogen) atoms. The first-order valence-electron chi connectivity index (χ1n) is 9.35. The second-order valence-corrected chi connectivity index (χ2v) is 7.45. The molecule has 4 rings (SSSR count). The molecule has 2 aromatic heterocycles. The van der Waals surface area contributed by atoms with E-state index in [0.29, 0.717) is 36.4 Å². The highest BCUT2D eigenvalue weighted by Crippen LogP contribution is 2.30. The summed E-state index contributed by atoms with van der Waals surface area (Å²) in [7, 11) is 0. The normalized spacial score (nSPS) is 14.0. The van der Waals surface area contributed by atoms with Gasteiger partial charge in [0.1, 0.15) is 17.2 Å². The Kier molecular flexibility index (Phi) is 4.56. The van der Waals surface area contributed by atoms with Crippen molar-refractivity contribution in [3.8, 4) is 5.75 Å². The van der Waals surface area contributed by atoms with E-state index in [0.717, 1.165) is 35.6 Å². The first kappa shape index (κ1) is 17.5. The Hall–Kier alpha value is -2.89. The Bertz CT molecular complexity index is 994. The number of hydrogen-bond donors (Lipinski definition) is 1. The van der Waals surface area contributed by atoms with Crippen LogP contribution in [-0.2, 0) is 19.4 Å². The van der Waals surface area contributed by atoms with Crippen molar-refractivity contribution in [1.82, 2.24) is 14.9 Å². The number of nitrogens with zero attached hydrogens (tertiary/aromatic N) is 3. The van der Waals surface area contributed by atoms with Crippen LogP contribution >= 0.6 is 0 Å². The molecule has 0 unspecified atom stereocenters. The highest BCUT2D eigenvalue weighted by molar-refractivity contribution is 6.03. The molecule has 0 aliphatic carbocycles. The molecule has 0 fully saturated rings. The van der Waals surface area contributed by atoms with Gasteiger partial charge in [-0.05, 0) is 24.5 Å². The maximum atomic E-state index is 13.0. The number of pyridine rings is 1. The molecule has 0 spiro atoms. The Morgan fingerprint density at radius 3 is 3.00 bits per heavy atom. The number of hydrogen-bond acceptors (Lipinski definition) is 5. The number of carbonyl (C=O) groups excluding carboxylic acids is 1. The standard InChI is InChI=1S/C21H23N3O3/c1-13(2)3-6-19-23-17-12-24(10-8-18(17)27-19)21(26)16-5-4-14-11-22-9-7-15(14)20(16)25/h4-5,7,9,11,13,25H,3,6,8,10,12H2,1-2H3. The van der Waals surface area contributed by atoms with Crippen LogP contribution in [0.3, 0.4) is 0 Å². The molecule has 1 aliphatic heterocycles. The lowest BCUT2D eigenvalue weighted by atomic mass is 10.0. The Balaban J connectivity index is 1.55. The van der Waals surface area contributed by atoms with Gasteiger partial charge in [-0.2, -0.15) is 0 Å². The molecule has 0 atom stereocenters. The van der Waals surface area contributed by atoms with Crippen LogP contribution in [0.25, 0.3) is 10.8 Å². The number of phenolic OH excluding ortho intramolecular Hbond substituents is 1. The van der Waals surface area contributed by atoms with E-state index in [1.165, 1.54) is 0 Å². The van der Waals surface area contributed by atoms with Crippen molar-refractivity contribution < 1.29 is 14.3 Å². The van der Waals surface area contributed by atoms with E-state index in [1.54, 1.807) is 29.4 Å². The zero-order chi connectivity index (χ0) is 19.0. The molecule has 3 aromatic rings. The lowest BCUT2D eigenvalue weighted by Gasteiger charge is -2.25. The van der Waals surface area contributed by atoms with Crippen molar-refractivity contribution in [2.24, 2.45) is 5.92 Å². The van der Waals surface area contributed by atoms with Crippen molar-refractivity contribution in [2.75, 3.05) is 6.54 Å². The molecule has 0 radical (unpaired) electrons. The van der Waals surface area contributed by atoms with E-state index < -0.39 is 0 Å². The summed E-state index contributed by atoms with van der Waals surface area (Å²) in [5.74, 6) is 2.04. The van der Waals surface area contributed by atoms with Gasteiger partial charge < -0.3 is 14.4 Å². The molecule has 1 aromatic carbocycles. The van der Waals surface area contributed by atoms with Gasteiger partial charge in [0.15, 0.2) is 5.89 Å². The summed E-state index contributed by atoms with van der Waals surface area (Å²) in [6.07, 6.45) is 5.77. The average molecular weight is 365 g/mol. The van der Waals surface area contributed by atoms with Gasteiger partial charge >= 0.3 is 0 Å². The number of benzene rings is 1. The second-order valence-electron chi connectivity index (χ2n) is 7.45. The van der Waals surface area contributed by atoms with Crippen LogP contribution in [0.15, 0.2) is 35.0 Å². The van der Waals surface area contributed by atoms with Crippen molar-refractivity contribution in [2.45, 2.75) is 39.7 Å². The van der Waals surface area contributed by atoms with Crippen molar-refractivity contribution in [3.05, 3.63) is 53.5 Å². The van der Waals surface area contributed by atoms with Crippen LogP contribution in [-0.4, -0.2) is 32.4 Å². The molecule has 6 nitrogen and oxygen atoms in total. The fourth-order valence-corrected chi connectivity index (χ4v) is 3.44. The van der Waals surface area contributed by atoms with E-state index in [-0.39, 0.29) is 11.7 Å². The lowest BCUT2D eigenvalue weighted by molar-refractivity contribution is 0.0725. The summed E-state index contributed by atoms with van der Waals surface area (Å²) in [6.45, 7) is 5.32. The number of aromatic nitrogens is 2. The highest BCUT2D eigenvalue weighted by atomic mass is 16.4. The zero-order valence-electron chi connectivity index (χ0n) is 15.6. The minimum atomic E-state index is -0.191. The number of aryl methyl sites for hydroxylation is 1. The maximum Gasteiger partial charge on any atom is 0.258 e. The third-order valence-electron chi connectivity index (χ3n) is 5.02. The van der Waals surface area contributed by atoms with Gasteiger partial charge in [0, 0.05) is 42.6 Å². The number of phenols is 1. The van der Waals surface area contributed by atoms with E-state index in [4.69, 9.17) is 4.42 Å². The third-order valence-corrected chi connectivity index (χ3v) is 5.02. The largest absolute Gasteiger partial charge is 0.506 e.